The number of rotatable bonds is 5. The molecule has 1 aromatic carbocycles. The average Bonchev–Trinajstić information content (AvgIpc) is 3.08. The molecule has 2 aromatic rings. The zero-order chi connectivity index (χ0) is 19.8. The van der Waals surface area contributed by atoms with Crippen LogP contribution in [-0.4, -0.2) is 49.6 Å². The molecule has 2 heterocycles. The first-order valence-electron chi connectivity index (χ1n) is 8.00. The number of nitrogens with zero attached hydrogens (tertiary/aromatic N) is 3. The van der Waals surface area contributed by atoms with E-state index in [1.54, 1.807) is 29.2 Å². The molecule has 144 valence electrons. The van der Waals surface area contributed by atoms with Crippen molar-refractivity contribution in [3.63, 3.8) is 0 Å². The highest BCUT2D eigenvalue weighted by atomic mass is 79.9. The summed E-state index contributed by atoms with van der Waals surface area (Å²) in [6, 6.07) is 7.62. The summed E-state index contributed by atoms with van der Waals surface area (Å²) in [7, 11) is -3.57. The monoisotopic (exact) mass is 473 g/mol. The molecule has 0 atom stereocenters. The minimum Gasteiger partial charge on any atom is -0.363 e. The molecule has 1 aliphatic heterocycles. The number of nitro groups is 1. The van der Waals surface area contributed by atoms with Crippen LogP contribution in [0.15, 0.2) is 38.3 Å². The van der Waals surface area contributed by atoms with Crippen molar-refractivity contribution in [2.75, 3.05) is 31.1 Å². The Morgan fingerprint density at radius 3 is 2.37 bits per heavy atom. The van der Waals surface area contributed by atoms with Gasteiger partial charge in [-0.2, -0.15) is 4.31 Å². The van der Waals surface area contributed by atoms with E-state index < -0.39 is 14.9 Å². The number of benzene rings is 1. The average molecular weight is 474 g/mol. The van der Waals surface area contributed by atoms with Crippen molar-refractivity contribution in [3.05, 3.63) is 49.8 Å². The largest absolute Gasteiger partial charge is 0.363 e. The van der Waals surface area contributed by atoms with E-state index in [4.69, 9.17) is 0 Å². The lowest BCUT2D eigenvalue weighted by molar-refractivity contribution is -0.384. The molecule has 0 N–H and O–H groups in total. The van der Waals surface area contributed by atoms with E-state index in [1.165, 1.54) is 17.3 Å². The zero-order valence-electron chi connectivity index (χ0n) is 14.3. The van der Waals surface area contributed by atoms with Crippen molar-refractivity contribution in [1.82, 2.24) is 4.31 Å². The molecule has 0 radical (unpaired) electrons. The third-order valence-corrected chi connectivity index (χ3v) is 8.29. The third-order valence-electron chi connectivity index (χ3n) is 4.30. The van der Waals surface area contributed by atoms with Crippen molar-refractivity contribution < 1.29 is 18.1 Å². The van der Waals surface area contributed by atoms with Crippen LogP contribution in [0.3, 0.4) is 0 Å². The van der Waals surface area contributed by atoms with Crippen LogP contribution in [0.25, 0.3) is 0 Å². The van der Waals surface area contributed by atoms with Gasteiger partial charge in [-0.25, -0.2) is 8.42 Å². The van der Waals surface area contributed by atoms with E-state index in [1.807, 2.05) is 0 Å². The number of anilines is 1. The number of Topliss-reactive ketones (excluding diaryl/α,β-unsaturated/α-hetero) is 1. The second-order valence-corrected chi connectivity index (χ2v) is 10.6. The minimum absolute atomic E-state index is 0.152. The van der Waals surface area contributed by atoms with Gasteiger partial charge in [0.1, 0.15) is 9.90 Å². The minimum atomic E-state index is -3.57. The zero-order valence-corrected chi connectivity index (χ0v) is 17.5. The lowest BCUT2D eigenvalue weighted by Gasteiger charge is -2.34. The normalized spacial score (nSPS) is 15.7. The summed E-state index contributed by atoms with van der Waals surface area (Å²) in [6.45, 7) is 2.45. The molecule has 1 fully saturated rings. The van der Waals surface area contributed by atoms with E-state index in [2.05, 4.69) is 15.9 Å². The van der Waals surface area contributed by atoms with E-state index in [0.29, 0.717) is 18.8 Å². The van der Waals surface area contributed by atoms with Gasteiger partial charge in [0.15, 0.2) is 5.78 Å². The van der Waals surface area contributed by atoms with E-state index >= 15 is 0 Å². The van der Waals surface area contributed by atoms with Crippen molar-refractivity contribution in [2.45, 2.75) is 11.1 Å². The van der Waals surface area contributed by atoms with Gasteiger partial charge in [-0.1, -0.05) is 0 Å². The summed E-state index contributed by atoms with van der Waals surface area (Å²) < 4.78 is 27.8. The van der Waals surface area contributed by atoms with Crippen LogP contribution < -0.4 is 4.90 Å². The molecule has 0 amide bonds. The standard InChI is InChI=1S/C16H16BrN3O5S2/c1-11(21)12-2-3-13(14(10-12)20(22)23)18-6-8-19(9-7-18)27(24,25)16-5-4-15(17)26-16/h2-5,10H,6-9H2,1H3. The van der Waals surface area contributed by atoms with Gasteiger partial charge in [0.2, 0.25) is 0 Å². The molecular formula is C16H16BrN3O5S2. The Labute approximate surface area is 168 Å². The van der Waals surface area contributed by atoms with E-state index in [9.17, 15) is 23.3 Å². The van der Waals surface area contributed by atoms with Crippen LogP contribution in [0.5, 0.6) is 0 Å². The van der Waals surface area contributed by atoms with Crippen molar-refractivity contribution in [3.8, 4) is 0 Å². The lowest BCUT2D eigenvalue weighted by atomic mass is 10.1. The predicted octanol–water partition coefficient (Wildman–Crippen LogP) is 3.13. The Hall–Kier alpha value is -1.82. The van der Waals surface area contributed by atoms with Crippen LogP contribution in [0.2, 0.25) is 0 Å². The summed E-state index contributed by atoms with van der Waals surface area (Å²) in [5.74, 6) is -0.248. The highest BCUT2D eigenvalue weighted by molar-refractivity contribution is 9.11. The van der Waals surface area contributed by atoms with Gasteiger partial charge in [0.05, 0.1) is 8.71 Å². The van der Waals surface area contributed by atoms with Gasteiger partial charge in [-0.3, -0.25) is 14.9 Å². The number of thiophene rings is 1. The maximum Gasteiger partial charge on any atom is 0.293 e. The first-order chi connectivity index (χ1) is 12.7. The number of halogens is 1. The Balaban J connectivity index is 1.80. The summed E-state index contributed by atoms with van der Waals surface area (Å²) >= 11 is 4.41. The fraction of sp³-hybridized carbons (Fsp3) is 0.312. The molecule has 0 spiro atoms. The smallest absolute Gasteiger partial charge is 0.293 e. The van der Waals surface area contributed by atoms with Crippen LogP contribution in [0.1, 0.15) is 17.3 Å². The van der Waals surface area contributed by atoms with Gasteiger partial charge in [0, 0.05) is 37.8 Å². The number of hydrogen-bond acceptors (Lipinski definition) is 7. The van der Waals surface area contributed by atoms with Crippen LogP contribution in [-0.2, 0) is 10.0 Å². The lowest BCUT2D eigenvalue weighted by Crippen LogP contribution is -2.48. The number of hydrogen-bond donors (Lipinski definition) is 0. The van der Waals surface area contributed by atoms with Crippen LogP contribution in [0.4, 0.5) is 11.4 Å². The van der Waals surface area contributed by atoms with Gasteiger partial charge in [0.25, 0.3) is 15.7 Å². The predicted molar refractivity (Wildman–Crippen MR) is 106 cm³/mol. The molecule has 11 heteroatoms. The van der Waals surface area contributed by atoms with Crippen molar-refractivity contribution in [2.24, 2.45) is 0 Å². The molecule has 0 bridgehead atoms. The van der Waals surface area contributed by atoms with Crippen LogP contribution in [0, 0.1) is 10.1 Å². The van der Waals surface area contributed by atoms with Gasteiger partial charge in [-0.15, -0.1) is 11.3 Å². The SMILES string of the molecule is CC(=O)c1ccc(N2CCN(S(=O)(=O)c3ccc(Br)s3)CC2)c([N+](=O)[O-])c1. The van der Waals surface area contributed by atoms with Gasteiger partial charge >= 0.3 is 0 Å². The molecule has 27 heavy (non-hydrogen) atoms. The fourth-order valence-corrected chi connectivity index (χ4v) is 6.48. The third kappa shape index (κ3) is 4.05. The molecule has 0 unspecified atom stereocenters. The summed E-state index contributed by atoms with van der Waals surface area (Å²) in [5.41, 5.74) is 0.511. The second-order valence-electron chi connectivity index (χ2n) is 5.97. The Bertz CT molecular complexity index is 997. The molecule has 1 saturated heterocycles. The Kier molecular flexibility index (Phi) is 5.65. The topological polar surface area (TPSA) is 101 Å². The Morgan fingerprint density at radius 2 is 1.85 bits per heavy atom. The molecular weight excluding hydrogens is 458 g/mol. The number of carbonyl (C=O) groups excluding carboxylic acids is 1. The van der Waals surface area contributed by atoms with E-state index in [-0.39, 0.29) is 34.3 Å². The first kappa shape index (κ1) is 19.9. The molecule has 0 aliphatic carbocycles. The van der Waals surface area contributed by atoms with Gasteiger partial charge in [-0.05, 0) is 47.1 Å². The summed E-state index contributed by atoms with van der Waals surface area (Å²) in [5, 5.41) is 11.4. The second kappa shape index (κ2) is 7.66. The fourth-order valence-electron chi connectivity index (χ4n) is 2.89. The molecule has 1 aliphatic rings. The number of piperazine rings is 1. The number of sulfonamides is 1. The number of nitro benzene ring substituents is 1. The van der Waals surface area contributed by atoms with Crippen LogP contribution >= 0.6 is 27.3 Å². The van der Waals surface area contributed by atoms with E-state index in [0.717, 1.165) is 15.1 Å². The number of ketones is 1. The molecule has 1 aromatic heterocycles. The highest BCUT2D eigenvalue weighted by Crippen LogP contribution is 2.32. The Morgan fingerprint density at radius 1 is 1.19 bits per heavy atom. The summed E-state index contributed by atoms with van der Waals surface area (Å²) in [4.78, 5) is 24.2. The van der Waals surface area contributed by atoms with Crippen molar-refractivity contribution >= 4 is 54.4 Å². The van der Waals surface area contributed by atoms with Crippen molar-refractivity contribution in [1.29, 1.82) is 0 Å². The number of carbonyl (C=O) groups is 1. The molecule has 3 rings (SSSR count). The van der Waals surface area contributed by atoms with Gasteiger partial charge < -0.3 is 4.90 Å². The first-order valence-corrected chi connectivity index (χ1v) is 11.0. The highest BCUT2D eigenvalue weighted by Gasteiger charge is 2.31. The molecule has 8 nitrogen and oxygen atoms in total. The molecule has 0 saturated carbocycles. The maximum absolute atomic E-state index is 12.7. The summed E-state index contributed by atoms with van der Waals surface area (Å²) in [6.07, 6.45) is 0. The maximum atomic E-state index is 12.7. The quantitative estimate of drug-likeness (QED) is 0.375.